The number of hydrogen-bond donors (Lipinski definition) is 2. The predicted octanol–water partition coefficient (Wildman–Crippen LogP) is 4.07. The van der Waals surface area contributed by atoms with E-state index in [1.807, 2.05) is 24.3 Å². The van der Waals surface area contributed by atoms with Crippen LogP contribution >= 0.6 is 11.3 Å². The summed E-state index contributed by atoms with van der Waals surface area (Å²) in [7, 11) is 1.56. The van der Waals surface area contributed by atoms with E-state index in [4.69, 9.17) is 4.74 Å². The third-order valence-corrected chi connectivity index (χ3v) is 7.42. The van der Waals surface area contributed by atoms with Crippen LogP contribution in [0.1, 0.15) is 55.1 Å². The van der Waals surface area contributed by atoms with Crippen LogP contribution in [-0.2, 0) is 0 Å². The van der Waals surface area contributed by atoms with Gasteiger partial charge in [-0.1, -0.05) is 12.1 Å². The van der Waals surface area contributed by atoms with Crippen LogP contribution in [0.25, 0.3) is 10.9 Å². The van der Waals surface area contributed by atoms with Crippen molar-refractivity contribution in [3.8, 4) is 5.75 Å². The summed E-state index contributed by atoms with van der Waals surface area (Å²) in [5, 5.41) is 3.15. The SMILES string of the molecule is COc1cc(C(=O)N2CCC(c3nc(C(=O)NNC(=O)c4cc(F)cc(F)c4)cs3)CC2)nc2ccccc12. The number of thiazole rings is 1. The number of para-hydroxylation sites is 1. The molecule has 1 fully saturated rings. The third-order valence-electron chi connectivity index (χ3n) is 6.42. The molecule has 2 aromatic heterocycles. The lowest BCUT2D eigenvalue weighted by molar-refractivity contribution is 0.0706. The standard InChI is InChI=1S/C27H23F2N5O4S/c1-38-23-13-21(30-20-5-3-2-4-19(20)23)27(37)34-8-6-15(7-9-34)26-31-22(14-39-26)25(36)33-32-24(35)16-10-17(28)12-18(29)11-16/h2-5,10-15H,6-9H2,1H3,(H,32,35)(H,33,36). The normalized spacial score (nSPS) is 13.8. The molecule has 0 spiro atoms. The van der Waals surface area contributed by atoms with Gasteiger partial charge in [-0.2, -0.15) is 0 Å². The maximum absolute atomic E-state index is 13.3. The number of piperidine rings is 1. The molecule has 0 unspecified atom stereocenters. The van der Waals surface area contributed by atoms with E-state index in [9.17, 15) is 23.2 Å². The molecule has 1 saturated heterocycles. The van der Waals surface area contributed by atoms with Gasteiger partial charge in [-0.15, -0.1) is 11.3 Å². The lowest BCUT2D eigenvalue weighted by atomic mass is 9.97. The van der Waals surface area contributed by atoms with Crippen LogP contribution in [0.4, 0.5) is 8.78 Å². The van der Waals surface area contributed by atoms with Gasteiger partial charge in [0.2, 0.25) is 0 Å². The Morgan fingerprint density at radius 1 is 0.949 bits per heavy atom. The molecule has 2 aromatic carbocycles. The largest absolute Gasteiger partial charge is 0.496 e. The fourth-order valence-electron chi connectivity index (χ4n) is 4.43. The first kappa shape index (κ1) is 26.2. The maximum atomic E-state index is 13.3. The second-order valence-corrected chi connectivity index (χ2v) is 9.82. The van der Waals surface area contributed by atoms with Gasteiger partial charge < -0.3 is 9.64 Å². The Bertz CT molecular complexity index is 1550. The van der Waals surface area contributed by atoms with E-state index in [-0.39, 0.29) is 23.1 Å². The number of nitrogens with one attached hydrogen (secondary N) is 2. The van der Waals surface area contributed by atoms with E-state index >= 15 is 0 Å². The third kappa shape index (κ3) is 5.70. The van der Waals surface area contributed by atoms with Crippen molar-refractivity contribution >= 4 is 40.0 Å². The number of methoxy groups -OCH3 is 1. The number of carbonyl (C=O) groups is 3. The molecule has 9 nitrogen and oxygen atoms in total. The first-order valence-electron chi connectivity index (χ1n) is 12.1. The monoisotopic (exact) mass is 551 g/mol. The van der Waals surface area contributed by atoms with Crippen LogP contribution in [0.2, 0.25) is 0 Å². The van der Waals surface area contributed by atoms with Crippen LogP contribution in [0.5, 0.6) is 5.75 Å². The summed E-state index contributed by atoms with van der Waals surface area (Å²) in [6.07, 6.45) is 1.32. The van der Waals surface area contributed by atoms with Crippen LogP contribution < -0.4 is 15.6 Å². The second kappa shape index (κ2) is 11.1. The lowest BCUT2D eigenvalue weighted by Gasteiger charge is -2.31. The zero-order valence-corrected chi connectivity index (χ0v) is 21.6. The Kier molecular flexibility index (Phi) is 7.46. The molecule has 0 atom stereocenters. The fraction of sp³-hybridized carbons (Fsp3) is 0.222. The zero-order valence-electron chi connectivity index (χ0n) is 20.7. The van der Waals surface area contributed by atoms with Gasteiger partial charge in [0.15, 0.2) is 0 Å². The topological polar surface area (TPSA) is 114 Å². The van der Waals surface area contributed by atoms with E-state index in [0.717, 1.165) is 22.5 Å². The molecule has 0 aliphatic carbocycles. The summed E-state index contributed by atoms with van der Waals surface area (Å²) in [5.41, 5.74) is 5.17. The Morgan fingerprint density at radius 2 is 1.64 bits per heavy atom. The molecular weight excluding hydrogens is 528 g/mol. The molecular formula is C27H23F2N5O4S. The van der Waals surface area contributed by atoms with E-state index in [0.29, 0.717) is 49.0 Å². The average molecular weight is 552 g/mol. The summed E-state index contributed by atoms with van der Waals surface area (Å²) in [6.45, 7) is 1.00. The van der Waals surface area contributed by atoms with Crippen molar-refractivity contribution in [3.05, 3.63) is 87.5 Å². The highest BCUT2D eigenvalue weighted by Gasteiger charge is 2.28. The second-order valence-electron chi connectivity index (χ2n) is 8.93. The molecule has 3 heterocycles. The molecule has 0 radical (unpaired) electrons. The minimum atomic E-state index is -0.906. The zero-order chi connectivity index (χ0) is 27.5. The number of ether oxygens (including phenoxy) is 1. The van der Waals surface area contributed by atoms with Crippen LogP contribution in [0.3, 0.4) is 0 Å². The van der Waals surface area contributed by atoms with E-state index in [1.54, 1.807) is 23.5 Å². The van der Waals surface area contributed by atoms with Gasteiger partial charge >= 0.3 is 0 Å². The Hall–Kier alpha value is -4.45. The first-order chi connectivity index (χ1) is 18.8. The minimum Gasteiger partial charge on any atom is -0.496 e. The van der Waals surface area contributed by atoms with Gasteiger partial charge in [0.1, 0.15) is 28.8 Å². The number of carbonyl (C=O) groups excluding carboxylic acids is 3. The maximum Gasteiger partial charge on any atom is 0.289 e. The molecule has 12 heteroatoms. The van der Waals surface area contributed by atoms with Gasteiger partial charge in [0, 0.05) is 47.5 Å². The lowest BCUT2D eigenvalue weighted by Crippen LogP contribution is -2.41. The van der Waals surface area contributed by atoms with E-state index in [2.05, 4.69) is 20.8 Å². The van der Waals surface area contributed by atoms with E-state index in [1.165, 1.54) is 11.3 Å². The highest BCUT2D eigenvalue weighted by Crippen LogP contribution is 2.32. The number of fused-ring (bicyclic) bond motifs is 1. The van der Waals surface area contributed by atoms with E-state index < -0.39 is 23.4 Å². The van der Waals surface area contributed by atoms with Gasteiger partial charge in [-0.25, -0.2) is 18.7 Å². The summed E-state index contributed by atoms with van der Waals surface area (Å²) >= 11 is 1.32. The Labute approximate surface area is 225 Å². The summed E-state index contributed by atoms with van der Waals surface area (Å²) in [4.78, 5) is 48.4. The van der Waals surface area contributed by atoms with Crippen molar-refractivity contribution in [1.82, 2.24) is 25.7 Å². The molecule has 5 rings (SSSR count). The first-order valence-corrected chi connectivity index (χ1v) is 13.0. The molecule has 4 aromatic rings. The van der Waals surface area contributed by atoms with Gasteiger partial charge in [0.25, 0.3) is 17.7 Å². The highest BCUT2D eigenvalue weighted by molar-refractivity contribution is 7.09. The quantitative estimate of drug-likeness (QED) is 0.362. The van der Waals surface area contributed by atoms with Crippen molar-refractivity contribution in [2.24, 2.45) is 0 Å². The minimum absolute atomic E-state index is 0.0598. The van der Waals surface area contributed by atoms with Gasteiger partial charge in [-0.3, -0.25) is 25.2 Å². The number of rotatable bonds is 5. The Morgan fingerprint density at radius 3 is 2.36 bits per heavy atom. The molecule has 1 aliphatic rings. The Balaban J connectivity index is 1.17. The molecule has 0 bridgehead atoms. The molecule has 200 valence electrons. The number of hydrogen-bond acceptors (Lipinski definition) is 7. The van der Waals surface area contributed by atoms with Crippen LogP contribution in [-0.4, -0.2) is 52.8 Å². The molecule has 39 heavy (non-hydrogen) atoms. The average Bonchev–Trinajstić information content (AvgIpc) is 3.45. The number of pyridine rings is 1. The summed E-state index contributed by atoms with van der Waals surface area (Å²) in [6, 6.07) is 11.5. The number of nitrogens with zero attached hydrogens (tertiary/aromatic N) is 3. The fourth-order valence-corrected chi connectivity index (χ4v) is 5.40. The van der Waals surface area contributed by atoms with Crippen molar-refractivity contribution in [1.29, 1.82) is 0 Å². The number of likely N-dealkylation sites (tertiary alicyclic amines) is 1. The molecule has 3 amide bonds. The number of aromatic nitrogens is 2. The molecule has 2 N–H and O–H groups in total. The molecule has 1 aliphatic heterocycles. The van der Waals surface area contributed by atoms with Crippen LogP contribution in [0, 0.1) is 11.6 Å². The van der Waals surface area contributed by atoms with Crippen molar-refractivity contribution in [2.45, 2.75) is 18.8 Å². The summed E-state index contributed by atoms with van der Waals surface area (Å²) in [5.74, 6) is -2.87. The van der Waals surface area contributed by atoms with Crippen LogP contribution in [0.15, 0.2) is 53.9 Å². The number of benzene rings is 2. The summed E-state index contributed by atoms with van der Waals surface area (Å²) < 4.78 is 32.1. The number of halogens is 2. The predicted molar refractivity (Wildman–Crippen MR) is 140 cm³/mol. The van der Waals surface area contributed by atoms with Crippen molar-refractivity contribution < 1.29 is 27.9 Å². The smallest absolute Gasteiger partial charge is 0.289 e. The number of hydrazine groups is 1. The number of amides is 3. The highest BCUT2D eigenvalue weighted by atomic mass is 32.1. The molecule has 0 saturated carbocycles. The van der Waals surface area contributed by atoms with Gasteiger partial charge in [0.05, 0.1) is 17.6 Å². The van der Waals surface area contributed by atoms with Crippen molar-refractivity contribution in [3.63, 3.8) is 0 Å². The van der Waals surface area contributed by atoms with Crippen molar-refractivity contribution in [2.75, 3.05) is 20.2 Å². The van der Waals surface area contributed by atoms with Gasteiger partial charge in [-0.05, 0) is 37.1 Å².